The molecule has 0 atom stereocenters. The van der Waals surface area contributed by atoms with Gasteiger partial charge in [-0.15, -0.1) is 0 Å². The molecule has 10 aromatic carbocycles. The van der Waals surface area contributed by atoms with Gasteiger partial charge in [-0.3, -0.25) is 0 Å². The Morgan fingerprint density at radius 1 is 0.308 bits per heavy atom. The minimum atomic E-state index is -0.470. The highest BCUT2D eigenvalue weighted by molar-refractivity contribution is 5.98. The van der Waals surface area contributed by atoms with Gasteiger partial charge < -0.3 is 9.80 Å². The van der Waals surface area contributed by atoms with Crippen LogP contribution in [-0.2, 0) is 18.3 Å². The van der Waals surface area contributed by atoms with Crippen LogP contribution in [0.15, 0.2) is 218 Å². The predicted octanol–water partition coefficient (Wildman–Crippen LogP) is 16.1. The number of anilines is 6. The second-order valence-corrected chi connectivity index (χ2v) is 18.0. The van der Waals surface area contributed by atoms with E-state index in [2.05, 4.69) is 240 Å². The zero-order valence-corrected chi connectivity index (χ0v) is 35.7. The molecule has 0 saturated heterocycles. The van der Waals surface area contributed by atoms with Gasteiger partial charge in [0.1, 0.15) is 0 Å². The maximum absolute atomic E-state index is 2.51. The van der Waals surface area contributed by atoms with E-state index in [4.69, 9.17) is 0 Å². The van der Waals surface area contributed by atoms with E-state index in [1.807, 2.05) is 0 Å². The summed E-state index contributed by atoms with van der Waals surface area (Å²) in [6.45, 7) is 0. The molecule has 10 aromatic rings. The molecule has 0 N–H and O–H groups in total. The molecule has 0 amide bonds. The van der Waals surface area contributed by atoms with Crippen LogP contribution < -0.4 is 9.80 Å². The van der Waals surface area contributed by atoms with Gasteiger partial charge in [0.25, 0.3) is 0 Å². The number of fused-ring (bicyclic) bond motifs is 15. The number of nitrogens with zero attached hydrogens (tertiary/aromatic N) is 2. The average molecular weight is 827 g/mol. The highest BCUT2D eigenvalue weighted by atomic mass is 15.2. The molecular weight excluding hydrogens is 785 g/mol. The molecule has 2 nitrogen and oxygen atoms in total. The Labute approximate surface area is 379 Å². The van der Waals surface area contributed by atoms with Crippen LogP contribution in [0.25, 0.3) is 45.2 Å². The molecule has 0 unspecified atom stereocenters. The van der Waals surface area contributed by atoms with Crippen molar-refractivity contribution in [1.82, 2.24) is 0 Å². The Kier molecular flexibility index (Phi) is 7.76. The third-order valence-corrected chi connectivity index (χ3v) is 14.6. The number of rotatable bonds is 4. The highest BCUT2D eigenvalue weighted by Crippen LogP contribution is 2.63. The summed E-state index contributed by atoms with van der Waals surface area (Å²) < 4.78 is 0. The standard InChI is InChI=1S/C63H42N2/c1-9-21-59-45(13-1)37-46-14-2-10-22-60(46)64(59)49-31-30-43-35-41(27-29-44(43)39-49)25-26-42-28-33-53-54-34-32-50(65-61-23-11-3-15-47(61)38-48-16-4-12-24-62(48)65)40-58(54)63(57(53)36-42)55-19-7-5-17-51(55)52-18-6-8-20-56(52)63/h1-36,39-40H,37-38H2/b26-25+. The van der Waals surface area contributed by atoms with Gasteiger partial charge in [0.2, 0.25) is 0 Å². The van der Waals surface area contributed by atoms with Crippen molar-refractivity contribution in [2.24, 2.45) is 0 Å². The topological polar surface area (TPSA) is 6.48 Å². The molecule has 2 aliphatic carbocycles. The number of para-hydroxylation sites is 4. The van der Waals surface area contributed by atoms with Crippen LogP contribution in [0.1, 0.15) is 55.6 Å². The fraction of sp³-hybridized carbons (Fsp3) is 0.0476. The van der Waals surface area contributed by atoms with Gasteiger partial charge in [0, 0.05) is 47.0 Å². The van der Waals surface area contributed by atoms with Crippen LogP contribution in [0, 0.1) is 0 Å². The molecule has 2 heteroatoms. The number of hydrogen-bond donors (Lipinski definition) is 0. The van der Waals surface area contributed by atoms with E-state index in [-0.39, 0.29) is 0 Å². The summed E-state index contributed by atoms with van der Waals surface area (Å²) in [5.41, 5.74) is 25.3. The van der Waals surface area contributed by atoms with Crippen molar-refractivity contribution in [1.29, 1.82) is 0 Å². The van der Waals surface area contributed by atoms with Gasteiger partial charge in [-0.1, -0.05) is 170 Å². The molecule has 0 aromatic heterocycles. The molecule has 4 aliphatic rings. The summed E-state index contributed by atoms with van der Waals surface area (Å²) in [5.74, 6) is 0. The summed E-state index contributed by atoms with van der Waals surface area (Å²) in [5, 5.41) is 2.46. The Bertz CT molecular complexity index is 3510. The Balaban J connectivity index is 0.872. The Hall–Kier alpha value is -8.20. The lowest BCUT2D eigenvalue weighted by molar-refractivity contribution is 0.793. The van der Waals surface area contributed by atoms with E-state index in [0.29, 0.717) is 0 Å². The third-order valence-electron chi connectivity index (χ3n) is 14.6. The van der Waals surface area contributed by atoms with Gasteiger partial charge in [-0.05, 0) is 149 Å². The lowest BCUT2D eigenvalue weighted by Gasteiger charge is -2.35. The minimum absolute atomic E-state index is 0.470. The van der Waals surface area contributed by atoms with Crippen molar-refractivity contribution in [3.8, 4) is 22.3 Å². The fourth-order valence-electron chi connectivity index (χ4n) is 11.8. The monoisotopic (exact) mass is 826 g/mol. The van der Waals surface area contributed by atoms with Crippen molar-refractivity contribution >= 4 is 57.0 Å². The fourth-order valence-corrected chi connectivity index (χ4v) is 11.8. The summed E-state index contributed by atoms with van der Waals surface area (Å²) in [4.78, 5) is 4.91. The summed E-state index contributed by atoms with van der Waals surface area (Å²) >= 11 is 0. The van der Waals surface area contributed by atoms with Crippen LogP contribution >= 0.6 is 0 Å². The Morgan fingerprint density at radius 3 is 1.26 bits per heavy atom. The molecule has 304 valence electrons. The van der Waals surface area contributed by atoms with E-state index in [1.165, 1.54) is 123 Å². The molecular formula is C63H42N2. The minimum Gasteiger partial charge on any atom is -0.310 e. The largest absolute Gasteiger partial charge is 0.310 e. The van der Waals surface area contributed by atoms with E-state index < -0.39 is 5.41 Å². The lowest BCUT2D eigenvalue weighted by Crippen LogP contribution is -2.26. The summed E-state index contributed by atoms with van der Waals surface area (Å²) in [6.07, 6.45) is 6.47. The molecule has 1 spiro atoms. The second-order valence-electron chi connectivity index (χ2n) is 18.0. The van der Waals surface area contributed by atoms with Gasteiger partial charge >= 0.3 is 0 Å². The highest BCUT2D eigenvalue weighted by Gasteiger charge is 2.52. The number of hydrogen-bond acceptors (Lipinski definition) is 2. The van der Waals surface area contributed by atoms with Crippen LogP contribution in [0.5, 0.6) is 0 Å². The van der Waals surface area contributed by atoms with Crippen LogP contribution in [0.3, 0.4) is 0 Å². The van der Waals surface area contributed by atoms with E-state index in [9.17, 15) is 0 Å². The molecule has 2 aliphatic heterocycles. The summed E-state index contributed by atoms with van der Waals surface area (Å²) in [6, 6.07) is 81.8. The first-order valence-electron chi connectivity index (χ1n) is 22.8. The third kappa shape index (κ3) is 5.29. The molecule has 0 saturated carbocycles. The summed E-state index contributed by atoms with van der Waals surface area (Å²) in [7, 11) is 0. The van der Waals surface area contributed by atoms with E-state index in [0.717, 1.165) is 12.8 Å². The lowest BCUT2D eigenvalue weighted by atomic mass is 9.70. The van der Waals surface area contributed by atoms with Gasteiger partial charge in [0.05, 0.1) is 5.41 Å². The van der Waals surface area contributed by atoms with Crippen molar-refractivity contribution in [2.75, 3.05) is 9.80 Å². The second kappa shape index (κ2) is 13.9. The van der Waals surface area contributed by atoms with Crippen LogP contribution in [0.4, 0.5) is 34.1 Å². The average Bonchev–Trinajstić information content (AvgIpc) is 3.83. The number of benzene rings is 10. The van der Waals surface area contributed by atoms with Gasteiger partial charge in [-0.2, -0.15) is 0 Å². The zero-order chi connectivity index (χ0) is 42.6. The molecule has 0 radical (unpaired) electrons. The van der Waals surface area contributed by atoms with Gasteiger partial charge in [-0.25, -0.2) is 0 Å². The van der Waals surface area contributed by atoms with E-state index >= 15 is 0 Å². The van der Waals surface area contributed by atoms with E-state index in [1.54, 1.807) is 0 Å². The quantitative estimate of drug-likeness (QED) is 0.163. The first-order valence-corrected chi connectivity index (χ1v) is 22.8. The molecule has 2 heterocycles. The van der Waals surface area contributed by atoms with Crippen molar-refractivity contribution in [3.05, 3.63) is 274 Å². The predicted molar refractivity (Wildman–Crippen MR) is 271 cm³/mol. The van der Waals surface area contributed by atoms with Gasteiger partial charge in [0.15, 0.2) is 0 Å². The van der Waals surface area contributed by atoms with Crippen LogP contribution in [-0.4, -0.2) is 0 Å². The van der Waals surface area contributed by atoms with Crippen molar-refractivity contribution in [2.45, 2.75) is 18.3 Å². The van der Waals surface area contributed by atoms with Crippen LogP contribution in [0.2, 0.25) is 0 Å². The first-order chi connectivity index (χ1) is 32.2. The molecule has 65 heavy (non-hydrogen) atoms. The molecule has 0 bridgehead atoms. The Morgan fingerprint density at radius 2 is 0.692 bits per heavy atom. The first kappa shape index (κ1) is 36.3. The molecule has 0 fully saturated rings. The zero-order valence-electron chi connectivity index (χ0n) is 35.7. The maximum atomic E-state index is 2.51. The normalized spacial score (nSPS) is 14.3. The SMILES string of the molecule is C(=C\c1ccc2cc(N3c4ccccc4Cc4ccccc43)ccc2c1)/c1ccc2c(c1)C1(c3ccccc3-c3ccccc31)c1cc(N3c4ccccc4Cc4ccccc43)ccc1-2. The van der Waals surface area contributed by atoms with Crippen molar-refractivity contribution < 1.29 is 0 Å². The maximum Gasteiger partial charge on any atom is 0.0726 e. The molecule has 14 rings (SSSR count). The smallest absolute Gasteiger partial charge is 0.0726 e. The van der Waals surface area contributed by atoms with Crippen molar-refractivity contribution in [3.63, 3.8) is 0 Å².